The van der Waals surface area contributed by atoms with Crippen LogP contribution in [-0.4, -0.2) is 54.2 Å². The first-order chi connectivity index (χ1) is 19.2. The molecule has 0 radical (unpaired) electrons. The Balaban J connectivity index is 1.43. The molecule has 0 heterocycles. The Kier molecular flexibility index (Phi) is 8.59. The highest BCUT2D eigenvalue weighted by Gasteiger charge is 2.13. The van der Waals surface area contributed by atoms with Crippen molar-refractivity contribution in [2.75, 3.05) is 62.8 Å². The van der Waals surface area contributed by atoms with Gasteiger partial charge >= 0.3 is 0 Å². The van der Waals surface area contributed by atoms with Gasteiger partial charge in [-0.15, -0.1) is 0 Å². The molecule has 0 aliphatic heterocycles. The number of hydrogen-bond acceptors (Lipinski definition) is 6. The molecule has 0 aliphatic rings. The summed E-state index contributed by atoms with van der Waals surface area (Å²) in [5, 5.41) is 5.84. The summed E-state index contributed by atoms with van der Waals surface area (Å²) in [5.74, 6) is 0.709. The number of benzene rings is 4. The van der Waals surface area contributed by atoms with Crippen LogP contribution in [0.5, 0.6) is 11.5 Å². The van der Waals surface area contributed by atoms with Crippen LogP contribution < -0.4 is 29.9 Å². The summed E-state index contributed by atoms with van der Waals surface area (Å²) < 4.78 is 10.9. The van der Waals surface area contributed by atoms with Crippen LogP contribution in [0.2, 0.25) is 0 Å². The zero-order valence-corrected chi connectivity index (χ0v) is 23.6. The molecule has 2 N–H and O–H groups in total. The van der Waals surface area contributed by atoms with E-state index in [4.69, 9.17) is 9.47 Å². The summed E-state index contributed by atoms with van der Waals surface area (Å²) in [5.41, 5.74) is 6.04. The number of anilines is 4. The summed E-state index contributed by atoms with van der Waals surface area (Å²) in [4.78, 5) is 29.7. The van der Waals surface area contributed by atoms with Crippen LogP contribution in [0.15, 0.2) is 84.9 Å². The summed E-state index contributed by atoms with van der Waals surface area (Å²) in [7, 11) is 10.9. The fourth-order valence-electron chi connectivity index (χ4n) is 4.14. The van der Waals surface area contributed by atoms with Gasteiger partial charge in [0, 0.05) is 62.8 Å². The molecule has 0 aliphatic carbocycles. The van der Waals surface area contributed by atoms with Crippen molar-refractivity contribution in [3.8, 4) is 22.6 Å². The lowest BCUT2D eigenvalue weighted by molar-refractivity contribution is 0.101. The summed E-state index contributed by atoms with van der Waals surface area (Å²) in [6.45, 7) is 0. The van der Waals surface area contributed by atoms with Gasteiger partial charge in [-0.2, -0.15) is 0 Å². The van der Waals surface area contributed by atoms with Gasteiger partial charge in [0.25, 0.3) is 11.8 Å². The molecule has 4 aromatic rings. The molecule has 0 aromatic heterocycles. The lowest BCUT2D eigenvalue weighted by Crippen LogP contribution is -2.14. The van der Waals surface area contributed by atoms with Crippen LogP contribution in [0.1, 0.15) is 20.7 Å². The van der Waals surface area contributed by atoms with Crippen LogP contribution in [0.4, 0.5) is 22.7 Å². The maximum absolute atomic E-state index is 12.9. The minimum Gasteiger partial charge on any atom is -0.494 e. The van der Waals surface area contributed by atoms with E-state index in [1.54, 1.807) is 38.5 Å². The summed E-state index contributed by atoms with van der Waals surface area (Å²) in [6, 6.07) is 25.9. The fraction of sp³-hybridized carbons (Fsp3) is 0.188. The molecule has 4 aromatic carbocycles. The molecule has 4 rings (SSSR count). The average Bonchev–Trinajstić information content (AvgIpc) is 2.97. The number of amides is 2. The normalized spacial score (nSPS) is 10.4. The molecule has 0 atom stereocenters. The Morgan fingerprint density at radius 2 is 0.900 bits per heavy atom. The fourth-order valence-corrected chi connectivity index (χ4v) is 4.14. The lowest BCUT2D eigenvalue weighted by atomic mass is 10.0. The Morgan fingerprint density at radius 1 is 0.550 bits per heavy atom. The van der Waals surface area contributed by atoms with Gasteiger partial charge in [-0.3, -0.25) is 9.59 Å². The van der Waals surface area contributed by atoms with E-state index >= 15 is 0 Å². The molecule has 8 nitrogen and oxygen atoms in total. The predicted molar refractivity (Wildman–Crippen MR) is 162 cm³/mol. The van der Waals surface area contributed by atoms with Crippen molar-refractivity contribution in [2.24, 2.45) is 0 Å². The van der Waals surface area contributed by atoms with Gasteiger partial charge in [0.2, 0.25) is 0 Å². The topological polar surface area (TPSA) is 83.1 Å². The minimum absolute atomic E-state index is 0.233. The number of hydrogen-bond donors (Lipinski definition) is 2. The van der Waals surface area contributed by atoms with Gasteiger partial charge < -0.3 is 29.9 Å². The summed E-state index contributed by atoms with van der Waals surface area (Å²) >= 11 is 0. The van der Waals surface area contributed by atoms with E-state index in [2.05, 4.69) is 10.6 Å². The third kappa shape index (κ3) is 6.35. The number of nitrogens with one attached hydrogen (secondary N) is 2. The van der Waals surface area contributed by atoms with E-state index in [9.17, 15) is 9.59 Å². The highest BCUT2D eigenvalue weighted by molar-refractivity contribution is 6.06. The molecule has 0 bridgehead atoms. The van der Waals surface area contributed by atoms with Crippen molar-refractivity contribution >= 4 is 34.6 Å². The van der Waals surface area contributed by atoms with Crippen molar-refractivity contribution < 1.29 is 19.1 Å². The zero-order chi connectivity index (χ0) is 28.8. The second kappa shape index (κ2) is 12.3. The SMILES string of the molecule is COc1cc(N(C)C)ccc1NC(=O)c1ccc(-c2ccc(C(=O)Nc3ccc(N(C)C)cc3OC)cc2)cc1. The van der Waals surface area contributed by atoms with E-state index < -0.39 is 0 Å². The first-order valence-corrected chi connectivity index (χ1v) is 12.7. The molecule has 0 unspecified atom stereocenters. The Bertz CT molecular complexity index is 1380. The zero-order valence-electron chi connectivity index (χ0n) is 23.6. The van der Waals surface area contributed by atoms with Crippen molar-refractivity contribution in [2.45, 2.75) is 0 Å². The van der Waals surface area contributed by atoms with E-state index in [0.29, 0.717) is 34.0 Å². The van der Waals surface area contributed by atoms with Gasteiger partial charge in [0.15, 0.2) is 0 Å². The van der Waals surface area contributed by atoms with E-state index in [-0.39, 0.29) is 11.8 Å². The smallest absolute Gasteiger partial charge is 0.255 e. The molecule has 0 saturated heterocycles. The number of ether oxygens (including phenoxy) is 2. The molecule has 0 saturated carbocycles. The lowest BCUT2D eigenvalue weighted by Gasteiger charge is -2.16. The van der Waals surface area contributed by atoms with Gasteiger partial charge in [-0.1, -0.05) is 24.3 Å². The van der Waals surface area contributed by atoms with Crippen LogP contribution in [0.3, 0.4) is 0 Å². The van der Waals surface area contributed by atoms with Crippen molar-refractivity contribution in [1.82, 2.24) is 0 Å². The third-order valence-electron chi connectivity index (χ3n) is 6.53. The molecule has 8 heteroatoms. The first-order valence-electron chi connectivity index (χ1n) is 12.7. The quantitative estimate of drug-likeness (QED) is 0.272. The highest BCUT2D eigenvalue weighted by atomic mass is 16.5. The van der Waals surface area contributed by atoms with Crippen molar-refractivity contribution in [3.63, 3.8) is 0 Å². The Morgan fingerprint density at radius 3 is 1.20 bits per heavy atom. The van der Waals surface area contributed by atoms with Crippen molar-refractivity contribution in [3.05, 3.63) is 96.1 Å². The number of rotatable bonds is 9. The van der Waals surface area contributed by atoms with Crippen molar-refractivity contribution in [1.29, 1.82) is 0 Å². The van der Waals surface area contributed by atoms with Crippen LogP contribution in [0, 0.1) is 0 Å². The standard InChI is InChI=1S/C32H34N4O4/c1-35(2)25-15-17-27(29(19-25)39-5)33-31(37)23-11-7-21(8-12-23)22-9-13-24(14-10-22)32(38)34-28-18-16-26(36(3)4)20-30(28)40-6/h7-20H,1-6H3,(H,33,37)(H,34,38). The Labute approximate surface area is 235 Å². The van der Waals surface area contributed by atoms with Gasteiger partial charge in [-0.25, -0.2) is 0 Å². The highest BCUT2D eigenvalue weighted by Crippen LogP contribution is 2.31. The second-order valence-electron chi connectivity index (χ2n) is 9.62. The number of carbonyl (C=O) groups is 2. The van der Waals surface area contributed by atoms with E-state index in [1.807, 2.05) is 98.7 Å². The maximum Gasteiger partial charge on any atom is 0.255 e. The molecular weight excluding hydrogens is 504 g/mol. The Hall–Kier alpha value is -4.98. The van der Waals surface area contributed by atoms with Gasteiger partial charge in [-0.05, 0) is 59.7 Å². The monoisotopic (exact) mass is 538 g/mol. The minimum atomic E-state index is -0.233. The first kappa shape index (κ1) is 28.0. The van der Waals surface area contributed by atoms with E-state index in [1.165, 1.54) is 0 Å². The van der Waals surface area contributed by atoms with Crippen LogP contribution in [0.25, 0.3) is 11.1 Å². The largest absolute Gasteiger partial charge is 0.494 e. The molecule has 2 amide bonds. The van der Waals surface area contributed by atoms with Crippen LogP contribution in [-0.2, 0) is 0 Å². The van der Waals surface area contributed by atoms with Crippen LogP contribution >= 0.6 is 0 Å². The van der Waals surface area contributed by atoms with E-state index in [0.717, 1.165) is 22.5 Å². The second-order valence-corrected chi connectivity index (χ2v) is 9.62. The number of methoxy groups -OCH3 is 2. The van der Waals surface area contributed by atoms with Gasteiger partial charge in [0.05, 0.1) is 25.6 Å². The van der Waals surface area contributed by atoms with Gasteiger partial charge in [0.1, 0.15) is 11.5 Å². The predicted octanol–water partition coefficient (Wildman–Crippen LogP) is 6.01. The number of nitrogens with zero attached hydrogens (tertiary/aromatic N) is 2. The molecule has 0 spiro atoms. The molecular formula is C32H34N4O4. The molecule has 206 valence electrons. The average molecular weight is 539 g/mol. The summed E-state index contributed by atoms with van der Waals surface area (Å²) in [6.07, 6.45) is 0. The maximum atomic E-state index is 12.9. The number of carbonyl (C=O) groups excluding carboxylic acids is 2. The molecule has 0 fully saturated rings. The molecule has 40 heavy (non-hydrogen) atoms. The third-order valence-corrected chi connectivity index (χ3v) is 6.53.